The Bertz CT molecular complexity index is 429. The highest BCUT2D eigenvalue weighted by Gasteiger charge is 2.34. The summed E-state index contributed by atoms with van der Waals surface area (Å²) in [4.78, 5) is 11.6. The van der Waals surface area contributed by atoms with Gasteiger partial charge in [0.25, 0.3) is 0 Å². The molecular formula is C11H9Cl2F3O. The van der Waals surface area contributed by atoms with E-state index in [0.717, 1.165) is 12.1 Å². The molecule has 94 valence electrons. The summed E-state index contributed by atoms with van der Waals surface area (Å²) in [5, 5.41) is -1.26. The number of carbonyl (C=O) groups is 1. The van der Waals surface area contributed by atoms with Crippen molar-refractivity contribution in [3.63, 3.8) is 0 Å². The Balaban J connectivity index is 3.18. The minimum Gasteiger partial charge on any atom is -0.293 e. The molecule has 0 amide bonds. The largest absolute Gasteiger partial charge is 0.417 e. The SMILES string of the molecule is CCC(Cl)C(=O)c1ccc(Cl)c(C(F)(F)F)c1. The van der Waals surface area contributed by atoms with Crippen LogP contribution < -0.4 is 0 Å². The third-order valence-electron chi connectivity index (χ3n) is 2.20. The Morgan fingerprint density at radius 1 is 1.41 bits per heavy atom. The van der Waals surface area contributed by atoms with Crippen LogP contribution in [0.15, 0.2) is 18.2 Å². The molecular weight excluding hydrogens is 276 g/mol. The van der Waals surface area contributed by atoms with Crippen LogP contribution in [-0.2, 0) is 6.18 Å². The van der Waals surface area contributed by atoms with Crippen LogP contribution in [-0.4, -0.2) is 11.2 Å². The predicted molar refractivity (Wildman–Crippen MR) is 60.7 cm³/mol. The predicted octanol–water partition coefficient (Wildman–Crippen LogP) is 4.56. The Kier molecular flexibility index (Phi) is 4.44. The molecule has 1 aromatic carbocycles. The summed E-state index contributed by atoms with van der Waals surface area (Å²) in [6.07, 6.45) is -4.23. The lowest BCUT2D eigenvalue weighted by atomic mass is 10.0. The maximum atomic E-state index is 12.5. The van der Waals surface area contributed by atoms with E-state index >= 15 is 0 Å². The van der Waals surface area contributed by atoms with Gasteiger partial charge in [0.2, 0.25) is 0 Å². The van der Waals surface area contributed by atoms with Crippen LogP contribution >= 0.6 is 23.2 Å². The molecule has 1 unspecified atom stereocenters. The molecule has 1 atom stereocenters. The quantitative estimate of drug-likeness (QED) is 0.587. The maximum Gasteiger partial charge on any atom is 0.417 e. The molecule has 0 bridgehead atoms. The topological polar surface area (TPSA) is 17.1 Å². The van der Waals surface area contributed by atoms with Crippen LogP contribution in [0.4, 0.5) is 13.2 Å². The third kappa shape index (κ3) is 3.36. The van der Waals surface area contributed by atoms with Gasteiger partial charge in [-0.15, -0.1) is 11.6 Å². The smallest absolute Gasteiger partial charge is 0.293 e. The van der Waals surface area contributed by atoms with E-state index in [0.29, 0.717) is 6.42 Å². The molecule has 17 heavy (non-hydrogen) atoms. The fourth-order valence-electron chi connectivity index (χ4n) is 1.26. The first-order chi connectivity index (χ1) is 7.77. The fraction of sp³-hybridized carbons (Fsp3) is 0.364. The summed E-state index contributed by atoms with van der Waals surface area (Å²) < 4.78 is 37.6. The van der Waals surface area contributed by atoms with Crippen molar-refractivity contribution in [1.82, 2.24) is 0 Å². The average molecular weight is 285 g/mol. The summed E-state index contributed by atoms with van der Waals surface area (Å²) in [7, 11) is 0. The summed E-state index contributed by atoms with van der Waals surface area (Å²) in [6, 6.07) is 3.03. The molecule has 0 aliphatic heterocycles. The molecule has 1 aromatic rings. The minimum absolute atomic E-state index is 0.0800. The zero-order valence-corrected chi connectivity index (χ0v) is 10.3. The second-order valence-corrected chi connectivity index (χ2v) is 4.37. The van der Waals surface area contributed by atoms with E-state index in [2.05, 4.69) is 0 Å². The molecule has 0 aromatic heterocycles. The number of hydrogen-bond donors (Lipinski definition) is 0. The summed E-state index contributed by atoms with van der Waals surface area (Å²) in [5.41, 5.74) is -1.10. The van der Waals surface area contributed by atoms with Crippen molar-refractivity contribution in [3.8, 4) is 0 Å². The highest BCUT2D eigenvalue weighted by molar-refractivity contribution is 6.34. The first-order valence-electron chi connectivity index (χ1n) is 4.82. The number of rotatable bonds is 3. The van der Waals surface area contributed by atoms with Gasteiger partial charge in [0.1, 0.15) is 0 Å². The number of ketones is 1. The lowest BCUT2D eigenvalue weighted by Gasteiger charge is -2.11. The third-order valence-corrected chi connectivity index (χ3v) is 3.04. The standard InChI is InChI=1S/C11H9Cl2F3O/c1-2-8(12)10(17)6-3-4-9(13)7(5-6)11(14,15)16/h3-5,8H,2H2,1H3. The number of carbonyl (C=O) groups excluding carboxylic acids is 1. The van der Waals surface area contributed by atoms with Gasteiger partial charge in [0.05, 0.1) is 16.0 Å². The van der Waals surface area contributed by atoms with Crippen LogP contribution in [0.25, 0.3) is 0 Å². The molecule has 6 heteroatoms. The lowest BCUT2D eigenvalue weighted by molar-refractivity contribution is -0.137. The maximum absolute atomic E-state index is 12.5. The van der Waals surface area contributed by atoms with Crippen LogP contribution in [0, 0.1) is 0 Å². The van der Waals surface area contributed by atoms with Gasteiger partial charge in [0.15, 0.2) is 5.78 Å². The van der Waals surface area contributed by atoms with Gasteiger partial charge in [0, 0.05) is 5.56 Å². The monoisotopic (exact) mass is 284 g/mol. The number of hydrogen-bond acceptors (Lipinski definition) is 1. The van der Waals surface area contributed by atoms with Gasteiger partial charge >= 0.3 is 6.18 Å². The molecule has 1 nitrogen and oxygen atoms in total. The van der Waals surface area contributed by atoms with Crippen molar-refractivity contribution in [2.24, 2.45) is 0 Å². The second-order valence-electron chi connectivity index (χ2n) is 3.43. The van der Waals surface area contributed by atoms with E-state index in [9.17, 15) is 18.0 Å². The van der Waals surface area contributed by atoms with E-state index < -0.39 is 27.9 Å². The Morgan fingerprint density at radius 2 is 2.00 bits per heavy atom. The van der Waals surface area contributed by atoms with Gasteiger partial charge < -0.3 is 0 Å². The van der Waals surface area contributed by atoms with Crippen molar-refractivity contribution in [2.45, 2.75) is 24.9 Å². The number of benzene rings is 1. The van der Waals surface area contributed by atoms with E-state index in [1.807, 2.05) is 0 Å². The number of Topliss-reactive ketones (excluding diaryl/α,β-unsaturated/α-hetero) is 1. The highest BCUT2D eigenvalue weighted by Crippen LogP contribution is 2.35. The molecule has 0 spiro atoms. The van der Waals surface area contributed by atoms with Crippen LogP contribution in [0.5, 0.6) is 0 Å². The van der Waals surface area contributed by atoms with E-state index in [1.54, 1.807) is 6.92 Å². The Labute approximate surface area is 107 Å². The van der Waals surface area contributed by atoms with Crippen LogP contribution in [0.2, 0.25) is 5.02 Å². The Hall–Kier alpha value is -0.740. The molecule has 0 radical (unpaired) electrons. The average Bonchev–Trinajstić information content (AvgIpc) is 2.26. The van der Waals surface area contributed by atoms with Crippen molar-refractivity contribution in [3.05, 3.63) is 34.3 Å². The van der Waals surface area contributed by atoms with Gasteiger partial charge in [-0.3, -0.25) is 4.79 Å². The fourth-order valence-corrected chi connectivity index (χ4v) is 1.61. The van der Waals surface area contributed by atoms with Crippen molar-refractivity contribution >= 4 is 29.0 Å². The normalized spacial score (nSPS) is 13.5. The number of alkyl halides is 4. The summed E-state index contributed by atoms with van der Waals surface area (Å²) >= 11 is 11.1. The first-order valence-corrected chi connectivity index (χ1v) is 5.63. The zero-order chi connectivity index (χ0) is 13.2. The minimum atomic E-state index is -4.58. The molecule has 0 saturated heterocycles. The van der Waals surface area contributed by atoms with Gasteiger partial charge in [-0.05, 0) is 24.6 Å². The molecule has 0 saturated carbocycles. The Morgan fingerprint density at radius 3 is 2.47 bits per heavy atom. The summed E-state index contributed by atoms with van der Waals surface area (Å²) in [5.74, 6) is -0.531. The van der Waals surface area contributed by atoms with Crippen LogP contribution in [0.3, 0.4) is 0 Å². The van der Waals surface area contributed by atoms with Crippen molar-refractivity contribution in [1.29, 1.82) is 0 Å². The zero-order valence-electron chi connectivity index (χ0n) is 8.81. The highest BCUT2D eigenvalue weighted by atomic mass is 35.5. The molecule has 0 aliphatic rings. The first kappa shape index (κ1) is 14.3. The van der Waals surface area contributed by atoms with E-state index in [1.165, 1.54) is 6.07 Å². The van der Waals surface area contributed by atoms with E-state index in [-0.39, 0.29) is 5.56 Å². The lowest BCUT2D eigenvalue weighted by Crippen LogP contribution is -2.15. The van der Waals surface area contributed by atoms with Crippen molar-refractivity contribution in [2.75, 3.05) is 0 Å². The second kappa shape index (κ2) is 5.27. The van der Waals surface area contributed by atoms with Gasteiger partial charge in [-0.1, -0.05) is 18.5 Å². The van der Waals surface area contributed by atoms with Gasteiger partial charge in [-0.25, -0.2) is 0 Å². The molecule has 0 aliphatic carbocycles. The van der Waals surface area contributed by atoms with Gasteiger partial charge in [-0.2, -0.15) is 13.2 Å². The molecule has 0 heterocycles. The van der Waals surface area contributed by atoms with E-state index in [4.69, 9.17) is 23.2 Å². The van der Waals surface area contributed by atoms with Crippen molar-refractivity contribution < 1.29 is 18.0 Å². The molecule has 1 rings (SSSR count). The molecule has 0 N–H and O–H groups in total. The number of halogens is 5. The summed E-state index contributed by atoms with van der Waals surface area (Å²) in [6.45, 7) is 1.68. The van der Waals surface area contributed by atoms with Crippen LogP contribution in [0.1, 0.15) is 29.3 Å². The molecule has 0 fully saturated rings.